The van der Waals surface area contributed by atoms with Gasteiger partial charge in [-0.15, -0.1) is 11.3 Å². The van der Waals surface area contributed by atoms with E-state index in [1.54, 1.807) is 11.3 Å². The highest BCUT2D eigenvalue weighted by Gasteiger charge is 2.26. The number of benzene rings is 1. The van der Waals surface area contributed by atoms with Crippen LogP contribution in [0.15, 0.2) is 35.7 Å². The fraction of sp³-hybridized carbons (Fsp3) is 0.400. The Kier molecular flexibility index (Phi) is 3.43. The number of rotatable bonds is 3. The van der Waals surface area contributed by atoms with E-state index in [-0.39, 0.29) is 6.10 Å². The average Bonchev–Trinajstić information content (AvgIpc) is 3.02. The molecule has 2 nitrogen and oxygen atoms in total. The van der Waals surface area contributed by atoms with Crippen molar-refractivity contribution in [3.05, 3.63) is 40.7 Å². The maximum Gasteiger partial charge on any atom is 0.0936 e. The molecule has 2 atom stereocenters. The van der Waals surface area contributed by atoms with Gasteiger partial charge in [0, 0.05) is 17.4 Å². The number of hydrogen-bond acceptors (Lipinski definition) is 3. The lowest BCUT2D eigenvalue weighted by atomic mass is 10.0. The van der Waals surface area contributed by atoms with Gasteiger partial charge in [-0.05, 0) is 18.8 Å². The monoisotopic (exact) mass is 259 g/mol. The predicted molar refractivity (Wildman–Crippen MR) is 74.6 cm³/mol. The molecule has 0 saturated heterocycles. The summed E-state index contributed by atoms with van der Waals surface area (Å²) in [5.74, 6) is 0.416. The van der Waals surface area contributed by atoms with Crippen LogP contribution >= 0.6 is 11.3 Å². The molecular formula is C15H17NOS. The van der Waals surface area contributed by atoms with Gasteiger partial charge in [-0.25, -0.2) is 4.98 Å². The third-order valence-electron chi connectivity index (χ3n) is 3.68. The molecular weight excluding hydrogens is 242 g/mol. The summed E-state index contributed by atoms with van der Waals surface area (Å²) in [7, 11) is 0. The Morgan fingerprint density at radius 1 is 1.22 bits per heavy atom. The lowest BCUT2D eigenvalue weighted by Gasteiger charge is -2.11. The van der Waals surface area contributed by atoms with Gasteiger partial charge in [0.25, 0.3) is 0 Å². The Balaban J connectivity index is 1.74. The Morgan fingerprint density at radius 3 is 2.78 bits per heavy atom. The van der Waals surface area contributed by atoms with Crippen LogP contribution in [0.5, 0.6) is 0 Å². The minimum Gasteiger partial charge on any atom is -0.393 e. The van der Waals surface area contributed by atoms with Gasteiger partial charge in [0.15, 0.2) is 0 Å². The molecule has 2 aromatic rings. The van der Waals surface area contributed by atoms with Crippen LogP contribution in [0.2, 0.25) is 0 Å². The Bertz CT molecular complexity index is 508. The Labute approximate surface area is 111 Å². The van der Waals surface area contributed by atoms with Crippen molar-refractivity contribution in [2.75, 3.05) is 0 Å². The molecule has 1 fully saturated rings. The van der Waals surface area contributed by atoms with Crippen LogP contribution in [0.4, 0.5) is 0 Å². The van der Waals surface area contributed by atoms with E-state index in [1.807, 2.05) is 18.2 Å². The maximum absolute atomic E-state index is 9.85. The van der Waals surface area contributed by atoms with E-state index >= 15 is 0 Å². The SMILES string of the molecule is OC1CCCC1Cc1nc(-c2ccccc2)cs1. The van der Waals surface area contributed by atoms with Gasteiger partial charge in [-0.1, -0.05) is 36.8 Å². The third kappa shape index (κ3) is 2.47. The molecule has 3 heteroatoms. The molecule has 1 aromatic carbocycles. The molecule has 0 spiro atoms. The van der Waals surface area contributed by atoms with E-state index in [2.05, 4.69) is 22.5 Å². The summed E-state index contributed by atoms with van der Waals surface area (Å²) >= 11 is 1.71. The van der Waals surface area contributed by atoms with Crippen LogP contribution in [-0.4, -0.2) is 16.2 Å². The van der Waals surface area contributed by atoms with Crippen molar-refractivity contribution >= 4 is 11.3 Å². The topological polar surface area (TPSA) is 33.1 Å². The first-order valence-electron chi connectivity index (χ1n) is 6.51. The molecule has 1 N–H and O–H groups in total. The zero-order valence-corrected chi connectivity index (χ0v) is 11.1. The van der Waals surface area contributed by atoms with Crippen LogP contribution in [0.1, 0.15) is 24.3 Å². The smallest absolute Gasteiger partial charge is 0.0936 e. The lowest BCUT2D eigenvalue weighted by Crippen LogP contribution is -2.15. The minimum atomic E-state index is -0.117. The number of thiazole rings is 1. The van der Waals surface area contributed by atoms with Crippen LogP contribution in [0, 0.1) is 5.92 Å². The molecule has 0 bridgehead atoms. The molecule has 1 aliphatic carbocycles. The first kappa shape index (κ1) is 11.9. The second kappa shape index (κ2) is 5.21. The van der Waals surface area contributed by atoms with Crippen LogP contribution in [0.3, 0.4) is 0 Å². The summed E-state index contributed by atoms with van der Waals surface area (Å²) in [6.07, 6.45) is 4.07. The molecule has 94 valence electrons. The van der Waals surface area contributed by atoms with Crippen molar-refractivity contribution in [3.63, 3.8) is 0 Å². The van der Waals surface area contributed by atoms with Gasteiger partial charge in [0.1, 0.15) is 0 Å². The second-order valence-corrected chi connectivity index (χ2v) is 5.90. The van der Waals surface area contributed by atoms with Crippen molar-refractivity contribution < 1.29 is 5.11 Å². The molecule has 18 heavy (non-hydrogen) atoms. The fourth-order valence-corrected chi connectivity index (χ4v) is 3.52. The molecule has 0 amide bonds. The quantitative estimate of drug-likeness (QED) is 0.915. The second-order valence-electron chi connectivity index (χ2n) is 4.95. The highest BCUT2D eigenvalue weighted by molar-refractivity contribution is 7.09. The van der Waals surface area contributed by atoms with Crippen molar-refractivity contribution in [3.8, 4) is 11.3 Å². The van der Waals surface area contributed by atoms with E-state index in [1.165, 1.54) is 5.56 Å². The van der Waals surface area contributed by atoms with Gasteiger partial charge in [0.2, 0.25) is 0 Å². The number of aromatic nitrogens is 1. The zero-order valence-electron chi connectivity index (χ0n) is 10.2. The molecule has 1 saturated carbocycles. The van der Waals surface area contributed by atoms with E-state index in [4.69, 9.17) is 0 Å². The summed E-state index contributed by atoms with van der Waals surface area (Å²) < 4.78 is 0. The Hall–Kier alpha value is -1.19. The summed E-state index contributed by atoms with van der Waals surface area (Å²) in [4.78, 5) is 4.69. The van der Waals surface area contributed by atoms with Crippen LogP contribution in [-0.2, 0) is 6.42 Å². The van der Waals surface area contributed by atoms with E-state index < -0.39 is 0 Å². The molecule has 0 radical (unpaired) electrons. The molecule has 1 aliphatic rings. The molecule has 2 unspecified atom stereocenters. The van der Waals surface area contributed by atoms with Gasteiger partial charge >= 0.3 is 0 Å². The normalized spacial score (nSPS) is 23.4. The minimum absolute atomic E-state index is 0.117. The molecule has 1 aromatic heterocycles. The number of aliphatic hydroxyl groups is 1. The summed E-state index contributed by atoms with van der Waals surface area (Å²) in [5, 5.41) is 13.1. The Morgan fingerprint density at radius 2 is 2.06 bits per heavy atom. The van der Waals surface area contributed by atoms with Gasteiger partial charge in [-0.3, -0.25) is 0 Å². The maximum atomic E-state index is 9.85. The van der Waals surface area contributed by atoms with Crippen molar-refractivity contribution in [2.45, 2.75) is 31.8 Å². The highest BCUT2D eigenvalue weighted by Crippen LogP contribution is 2.30. The van der Waals surface area contributed by atoms with E-state index in [9.17, 15) is 5.11 Å². The number of aliphatic hydroxyl groups excluding tert-OH is 1. The van der Waals surface area contributed by atoms with Crippen LogP contribution in [0.25, 0.3) is 11.3 Å². The lowest BCUT2D eigenvalue weighted by molar-refractivity contribution is 0.132. The standard InChI is InChI=1S/C15H17NOS/c17-14-8-4-7-12(14)9-15-16-13(10-18-15)11-5-2-1-3-6-11/h1-3,5-6,10,12,14,17H,4,7-9H2. The van der Waals surface area contributed by atoms with Crippen molar-refractivity contribution in [1.82, 2.24) is 4.98 Å². The van der Waals surface area contributed by atoms with Crippen LogP contribution < -0.4 is 0 Å². The number of hydrogen-bond donors (Lipinski definition) is 1. The molecule has 3 rings (SSSR count). The van der Waals surface area contributed by atoms with Crippen molar-refractivity contribution in [2.24, 2.45) is 5.92 Å². The van der Waals surface area contributed by atoms with Crippen molar-refractivity contribution in [1.29, 1.82) is 0 Å². The zero-order chi connectivity index (χ0) is 12.4. The summed E-state index contributed by atoms with van der Waals surface area (Å²) in [5.41, 5.74) is 2.23. The fourth-order valence-electron chi connectivity index (χ4n) is 2.63. The summed E-state index contributed by atoms with van der Waals surface area (Å²) in [6.45, 7) is 0. The number of nitrogens with zero attached hydrogens (tertiary/aromatic N) is 1. The summed E-state index contributed by atoms with van der Waals surface area (Å²) in [6, 6.07) is 10.3. The highest BCUT2D eigenvalue weighted by atomic mass is 32.1. The average molecular weight is 259 g/mol. The first-order valence-corrected chi connectivity index (χ1v) is 7.39. The van der Waals surface area contributed by atoms with E-state index in [0.29, 0.717) is 5.92 Å². The van der Waals surface area contributed by atoms with Gasteiger partial charge in [-0.2, -0.15) is 0 Å². The largest absolute Gasteiger partial charge is 0.393 e. The molecule has 0 aliphatic heterocycles. The molecule has 1 heterocycles. The first-order chi connectivity index (χ1) is 8.83. The van der Waals surface area contributed by atoms with Gasteiger partial charge in [0.05, 0.1) is 16.8 Å². The van der Waals surface area contributed by atoms with Gasteiger partial charge < -0.3 is 5.11 Å². The van der Waals surface area contributed by atoms with E-state index in [0.717, 1.165) is 36.4 Å². The third-order valence-corrected chi connectivity index (χ3v) is 4.55. The predicted octanol–water partition coefficient (Wildman–Crippen LogP) is 3.51.